The highest BCUT2D eigenvalue weighted by Gasteiger charge is 2.64. The minimum Gasteiger partial charge on any atom is -0.496 e. The van der Waals surface area contributed by atoms with Crippen LogP contribution in [0.2, 0.25) is 5.02 Å². The summed E-state index contributed by atoms with van der Waals surface area (Å²) in [5, 5.41) is 26.3. The predicted molar refractivity (Wildman–Crippen MR) is 343 cm³/mol. The highest BCUT2D eigenvalue weighted by Crippen LogP contribution is 2.49. The molecule has 2 saturated heterocycles. The summed E-state index contributed by atoms with van der Waals surface area (Å²) in [6, 6.07) is 3.33. The number of anilines is 2. The van der Waals surface area contributed by atoms with Gasteiger partial charge in [0.15, 0.2) is 5.72 Å². The fourth-order valence-electron chi connectivity index (χ4n) is 10.6. The lowest BCUT2D eigenvalue weighted by Gasteiger charge is -2.42. The monoisotopic (exact) mass is 1410 g/mol. The van der Waals surface area contributed by atoms with E-state index in [0.29, 0.717) is 47.8 Å². The second-order valence-electron chi connectivity index (χ2n) is 23.5. The number of benzene rings is 2. The van der Waals surface area contributed by atoms with Crippen LogP contribution in [-0.4, -0.2) is 176 Å². The van der Waals surface area contributed by atoms with E-state index in [1.807, 2.05) is 13.0 Å². The average Bonchev–Trinajstić information content (AvgIpc) is 1.57. The van der Waals surface area contributed by atoms with Gasteiger partial charge in [0.1, 0.15) is 58.6 Å². The van der Waals surface area contributed by atoms with Gasteiger partial charge in [-0.2, -0.15) is 0 Å². The maximum Gasteiger partial charge on any atom is 0.409 e. The Labute approximate surface area is 547 Å². The number of urea groups is 1. The number of alkyl carbamates (subject to hydrolysis) is 1. The van der Waals surface area contributed by atoms with E-state index in [1.54, 1.807) is 58.9 Å². The molecule has 8 amide bonds. The number of esters is 2. The minimum absolute atomic E-state index is 0.0137. The Bertz CT molecular complexity index is 2990. The molecule has 0 radical (unpaired) electrons. The number of ether oxygens (including phenoxy) is 7. The van der Waals surface area contributed by atoms with Crippen LogP contribution in [0.5, 0.6) is 11.5 Å². The normalized spacial score (nSPS) is 24.0. The van der Waals surface area contributed by atoms with Crippen LogP contribution in [-0.2, 0) is 58.9 Å². The third-order valence-corrected chi connectivity index (χ3v) is 18.2. The fraction of sp³-hybridized carbons (Fsp3) is 0.597. The van der Waals surface area contributed by atoms with Gasteiger partial charge in [0, 0.05) is 68.9 Å². The topological polar surface area (TPSA) is 334 Å². The molecule has 0 spiro atoms. The molecule has 2 fully saturated rings. The number of alkyl halides is 2. The van der Waals surface area contributed by atoms with Gasteiger partial charge in [0.25, 0.3) is 5.91 Å². The summed E-state index contributed by atoms with van der Waals surface area (Å²) in [5.41, 5.74) is 3.99. The molecule has 2 aromatic rings. The summed E-state index contributed by atoms with van der Waals surface area (Å²) >= 11 is 13.5. The first-order valence-electron chi connectivity index (χ1n) is 29.8. The van der Waals surface area contributed by atoms with E-state index in [-0.39, 0.29) is 72.2 Å². The molecule has 90 heavy (non-hydrogen) atoms. The zero-order valence-corrected chi connectivity index (χ0v) is 57.0. The van der Waals surface area contributed by atoms with Crippen molar-refractivity contribution in [3.63, 3.8) is 0 Å². The Morgan fingerprint density at radius 2 is 1.63 bits per heavy atom. The molecule has 0 aromatic heterocycles. The smallest absolute Gasteiger partial charge is 0.409 e. The van der Waals surface area contributed by atoms with Gasteiger partial charge in [-0.25, -0.2) is 14.4 Å². The number of nitrogens with zero attached hydrogens (tertiary/aromatic N) is 2. The minimum atomic E-state index is -1.92. The van der Waals surface area contributed by atoms with Crippen molar-refractivity contribution in [1.29, 1.82) is 0 Å². The van der Waals surface area contributed by atoms with Gasteiger partial charge in [0.2, 0.25) is 23.6 Å². The van der Waals surface area contributed by atoms with E-state index in [9.17, 15) is 48.3 Å². The number of fused-ring (bicyclic) bond motifs is 5. The van der Waals surface area contributed by atoms with Crippen LogP contribution in [0, 0.1) is 17.8 Å². The van der Waals surface area contributed by atoms with Crippen molar-refractivity contribution < 1.29 is 81.4 Å². The number of likely N-dealkylation sites (N-methyl/N-ethyl adjacent to an activating group) is 1. The van der Waals surface area contributed by atoms with Gasteiger partial charge in [-0.3, -0.25) is 34.1 Å². The molecular formula is C62H87Br2ClN8O17. The third-order valence-electron chi connectivity index (χ3n) is 16.3. The number of hydrogen-bond donors (Lipinski definition) is 7. The lowest BCUT2D eigenvalue weighted by molar-refractivity contribution is -0.158. The Balaban J connectivity index is 1.33. The van der Waals surface area contributed by atoms with Gasteiger partial charge in [-0.1, -0.05) is 88.0 Å². The number of amides is 8. The number of unbranched alkanes of at least 4 members (excludes halogenated alkanes) is 1. The second-order valence-corrected chi connectivity index (χ2v) is 25.2. The third kappa shape index (κ3) is 19.7. The van der Waals surface area contributed by atoms with Gasteiger partial charge in [0.05, 0.1) is 50.0 Å². The van der Waals surface area contributed by atoms with E-state index < -0.39 is 120 Å². The van der Waals surface area contributed by atoms with E-state index >= 15 is 0 Å². The van der Waals surface area contributed by atoms with E-state index in [0.717, 1.165) is 16.0 Å². The Hall–Kier alpha value is -6.52. The molecule has 8 N–H and O–H groups in total. The molecule has 3 aliphatic rings. The highest BCUT2D eigenvalue weighted by molar-refractivity contribution is 9.09. The number of allylic oxidation sites excluding steroid dienone is 3. The van der Waals surface area contributed by atoms with Crippen molar-refractivity contribution in [2.24, 2.45) is 23.5 Å². The van der Waals surface area contributed by atoms with Crippen LogP contribution >= 0.6 is 43.5 Å². The maximum absolute atomic E-state index is 14.6. The summed E-state index contributed by atoms with van der Waals surface area (Å²) in [6.07, 6.45) is 1.44. The van der Waals surface area contributed by atoms with Crippen molar-refractivity contribution in [3.05, 3.63) is 70.3 Å². The van der Waals surface area contributed by atoms with Gasteiger partial charge in [-0.15, -0.1) is 0 Å². The summed E-state index contributed by atoms with van der Waals surface area (Å²) in [4.78, 5) is 124. The first kappa shape index (κ1) is 74.2. The van der Waals surface area contributed by atoms with Crippen LogP contribution in [0.1, 0.15) is 116 Å². The van der Waals surface area contributed by atoms with Crippen molar-refractivity contribution in [1.82, 2.24) is 26.2 Å². The maximum atomic E-state index is 14.6. The lowest BCUT2D eigenvalue weighted by Crippen LogP contribution is -2.63. The van der Waals surface area contributed by atoms with Gasteiger partial charge in [-0.05, 0) is 102 Å². The Morgan fingerprint density at radius 1 is 0.944 bits per heavy atom. The number of carbonyl (C=O) groups excluding carboxylic acids is 9. The quantitative estimate of drug-likeness (QED) is 0.0168. The zero-order valence-electron chi connectivity index (χ0n) is 53.0. The number of primary amides is 1. The molecule has 0 saturated carbocycles. The van der Waals surface area contributed by atoms with Crippen molar-refractivity contribution in [2.75, 3.05) is 62.8 Å². The highest BCUT2D eigenvalue weighted by atomic mass is 79.9. The van der Waals surface area contributed by atoms with E-state index in [4.69, 9.17) is 50.5 Å². The van der Waals surface area contributed by atoms with Crippen LogP contribution in [0.25, 0.3) is 0 Å². The molecule has 3 aliphatic heterocycles. The number of methoxy groups -OCH3 is 3. The number of epoxide rings is 1. The molecule has 11 atom stereocenters. The number of rotatable bonds is 26. The van der Waals surface area contributed by atoms with E-state index in [2.05, 4.69) is 58.4 Å². The summed E-state index contributed by atoms with van der Waals surface area (Å²) < 4.78 is 40.8. The average molecular weight is 1410 g/mol. The van der Waals surface area contributed by atoms with E-state index in [1.165, 1.54) is 65.4 Å². The zero-order chi connectivity index (χ0) is 66.9. The molecule has 4 bridgehead atoms. The lowest BCUT2D eigenvalue weighted by atomic mass is 9.83. The van der Waals surface area contributed by atoms with Gasteiger partial charge >= 0.3 is 24.1 Å². The summed E-state index contributed by atoms with van der Waals surface area (Å²) in [5.74, 6) is -5.31. The number of carbonyl (C=O) groups is 9. The van der Waals surface area contributed by atoms with Crippen LogP contribution < -0.4 is 46.7 Å². The molecular weight excluding hydrogens is 1320 g/mol. The van der Waals surface area contributed by atoms with Crippen LogP contribution in [0.3, 0.4) is 0 Å². The number of halogens is 3. The summed E-state index contributed by atoms with van der Waals surface area (Å²) in [6.45, 7) is 12.1. The van der Waals surface area contributed by atoms with Crippen LogP contribution in [0.4, 0.5) is 21.0 Å². The predicted octanol–water partition coefficient (Wildman–Crippen LogP) is 6.75. The molecule has 5 rings (SSSR count). The SMILES string of the molecule is COc1cc(NC(=O)[C@H](CCCNC(N)=O)NC(=O)[C@@H](NC(=O)CCCCC(C)OC(=O)C(CBr)CBr)C(C)C)ccc1C(=O)N(C)[C@@H](C)C(=O)O[C@H]1CC(=O)N(C)c2cc(cc(OC)c2Cl)C/C(C)=C/C=C/[C@@H](OC)[C@@]2(O)C[C@H](OC(=O)N2)[C@@H](C)[C@@H]2O[C@@]12C. The summed E-state index contributed by atoms with van der Waals surface area (Å²) in [7, 11) is 7.03. The first-order chi connectivity index (χ1) is 42.4. The molecule has 2 aromatic carbocycles. The fourth-order valence-corrected chi connectivity index (χ4v) is 12.5. The van der Waals surface area contributed by atoms with Gasteiger partial charge < -0.3 is 75.1 Å². The second kappa shape index (κ2) is 33.7. The number of nitrogens with one attached hydrogen (secondary N) is 5. The largest absolute Gasteiger partial charge is 0.496 e. The molecule has 0 aliphatic carbocycles. The Morgan fingerprint density at radius 3 is 2.27 bits per heavy atom. The number of hydrogen-bond acceptors (Lipinski definition) is 17. The molecule has 498 valence electrons. The van der Waals surface area contributed by atoms with Crippen LogP contribution in [0.15, 0.2) is 54.1 Å². The number of aliphatic hydroxyl groups is 1. The van der Waals surface area contributed by atoms with Crippen molar-refractivity contribution in [3.8, 4) is 11.5 Å². The van der Waals surface area contributed by atoms with Crippen molar-refractivity contribution in [2.45, 2.75) is 166 Å². The number of nitrogens with two attached hydrogens (primary N) is 1. The Kier molecular flexibility index (Phi) is 27.8. The first-order valence-corrected chi connectivity index (χ1v) is 32.4. The molecule has 25 nitrogen and oxygen atoms in total. The standard InChI is InChI=1S/C62H87Br2ClN8O17/c1-33(2)52(70-49(74)21-14-13-18-35(4)87-58(80)39(31-63)32-64)55(77)69-42(19-16-24-67-59(66)81)54(76)68-40-22-23-41(44(28-40)84-10)56(78)72(8)37(6)57(79)89-48-29-50(75)73(9)43-26-38(27-45(85-11)51(43)65)25-34(3)17-15-20-47(86-12)62(83)30-46(88-60(82)71-62)36(5)53-61(48,7)90-53/h15,17,20,22-23,26-28,33,35-37,39,42,46-48,52-53,83H,13-14,16,18-19,21,24-25,29-32H2,1-12H3,(H,68,76)(H,69,77)(H,70,74)(H,71,82)(H3,66,67,81)/b20-15+,34-17+/t35?,36-,37+,42+,46+,47-,48+,52+,53+,61+,62+/m1/s1. The molecule has 28 heteroatoms. The van der Waals surface area contributed by atoms with Crippen molar-refractivity contribution >= 4 is 108 Å². The molecule has 3 heterocycles. The molecule has 1 unspecified atom stereocenters.